The third kappa shape index (κ3) is 5.04. The van der Waals surface area contributed by atoms with E-state index in [1.165, 1.54) is 16.7 Å². The van der Waals surface area contributed by atoms with Gasteiger partial charge >= 0.3 is 0 Å². The molecule has 4 nitrogen and oxygen atoms in total. The summed E-state index contributed by atoms with van der Waals surface area (Å²) in [5.41, 5.74) is 14.4. The number of hydrogen-bond donors (Lipinski definition) is 1. The number of fused-ring (bicyclic) bond motifs is 3. The first-order valence-corrected chi connectivity index (χ1v) is 14.5. The minimum atomic E-state index is 0.0856. The van der Waals surface area contributed by atoms with Gasteiger partial charge in [0.1, 0.15) is 5.84 Å². The van der Waals surface area contributed by atoms with Crippen LogP contribution in [0.25, 0.3) is 11.1 Å². The van der Waals surface area contributed by atoms with Crippen molar-refractivity contribution in [3.05, 3.63) is 174 Å². The van der Waals surface area contributed by atoms with Crippen molar-refractivity contribution in [3.63, 3.8) is 0 Å². The maximum atomic E-state index is 6.68. The molecule has 204 valence electrons. The van der Waals surface area contributed by atoms with Crippen LogP contribution < -0.4 is 10.7 Å². The number of allylic oxidation sites excluding steroid dienone is 6. The van der Waals surface area contributed by atoms with Gasteiger partial charge < -0.3 is 5.73 Å². The second-order valence-electron chi connectivity index (χ2n) is 10.8. The van der Waals surface area contributed by atoms with Gasteiger partial charge in [-0.15, -0.1) is 0 Å². The molecule has 0 spiro atoms. The van der Waals surface area contributed by atoms with Gasteiger partial charge in [-0.1, -0.05) is 146 Å². The molecule has 3 atom stereocenters. The molecule has 4 heteroatoms. The normalized spacial score (nSPS) is 21.0. The summed E-state index contributed by atoms with van der Waals surface area (Å²) in [6.45, 7) is 0. The van der Waals surface area contributed by atoms with Crippen LogP contribution in [-0.4, -0.2) is 17.7 Å². The summed E-state index contributed by atoms with van der Waals surface area (Å²) >= 11 is 0. The topological polar surface area (TPSA) is 54.0 Å². The van der Waals surface area contributed by atoms with E-state index in [1.807, 2.05) is 30.3 Å². The molecule has 1 heterocycles. The van der Waals surface area contributed by atoms with Crippen molar-refractivity contribution >= 4 is 17.4 Å². The third-order valence-corrected chi connectivity index (χ3v) is 8.23. The van der Waals surface area contributed by atoms with Crippen LogP contribution in [-0.2, 0) is 0 Å². The zero-order valence-electron chi connectivity index (χ0n) is 23.3. The summed E-state index contributed by atoms with van der Waals surface area (Å²) in [5.74, 6) is 1.65. The van der Waals surface area contributed by atoms with Gasteiger partial charge in [-0.25, -0.2) is 4.99 Å². The SMILES string of the molecule is NC(=N/C(=N\N1c2ccccc2C2C=CC=CC21)c1ccc(C2C=CC=CC2)cc1)c1ccc(-c2ccccc2)cc1. The second kappa shape index (κ2) is 11.3. The van der Waals surface area contributed by atoms with Crippen molar-refractivity contribution in [3.8, 4) is 11.1 Å². The number of benzene rings is 4. The molecule has 1 aliphatic heterocycles. The summed E-state index contributed by atoms with van der Waals surface area (Å²) in [6, 6.07) is 35.8. The Morgan fingerprint density at radius 3 is 2.14 bits per heavy atom. The van der Waals surface area contributed by atoms with Crippen LogP contribution in [0.3, 0.4) is 0 Å². The maximum absolute atomic E-state index is 6.68. The first kappa shape index (κ1) is 25.7. The molecule has 0 bridgehead atoms. The van der Waals surface area contributed by atoms with E-state index in [4.69, 9.17) is 15.8 Å². The summed E-state index contributed by atoms with van der Waals surface area (Å²) in [6.07, 6.45) is 18.4. The molecule has 4 aromatic rings. The fourth-order valence-corrected chi connectivity index (χ4v) is 5.97. The first-order valence-electron chi connectivity index (χ1n) is 14.5. The molecule has 0 amide bonds. The highest BCUT2D eigenvalue weighted by Crippen LogP contribution is 2.44. The van der Waals surface area contributed by atoms with E-state index in [0.717, 1.165) is 28.8 Å². The fourth-order valence-electron chi connectivity index (χ4n) is 5.97. The molecule has 0 saturated heterocycles. The van der Waals surface area contributed by atoms with E-state index in [1.54, 1.807) is 0 Å². The van der Waals surface area contributed by atoms with Crippen molar-refractivity contribution in [2.45, 2.75) is 24.3 Å². The Morgan fingerprint density at radius 2 is 1.36 bits per heavy atom. The molecule has 2 N–H and O–H groups in total. The number of anilines is 1. The Kier molecular flexibility index (Phi) is 6.95. The number of hydrazone groups is 1. The summed E-state index contributed by atoms with van der Waals surface area (Å²) in [4.78, 5) is 4.97. The Morgan fingerprint density at radius 1 is 0.667 bits per heavy atom. The molecule has 4 aromatic carbocycles. The molecule has 0 radical (unpaired) electrons. The molecule has 7 rings (SSSR count). The standard InChI is InChI=1S/C38H32N4/c39-37(31-23-19-29(20-24-31)27-11-3-1-4-12-27)40-38(32-25-21-30(22-26-32)28-13-5-2-6-14-28)41-42-35-17-9-7-15-33(35)34-16-8-10-18-36(34)42/h1-13,15-26,28,33,35H,14H2,(H2,39,40,41). The van der Waals surface area contributed by atoms with Gasteiger partial charge in [0.25, 0.3) is 0 Å². The Balaban J connectivity index is 1.27. The number of aliphatic imine (C=N–C) groups is 1. The quantitative estimate of drug-likeness (QED) is 0.204. The Hall–Kier alpha value is -5.22. The van der Waals surface area contributed by atoms with Crippen LogP contribution in [0.1, 0.15) is 40.5 Å². The third-order valence-electron chi connectivity index (χ3n) is 8.23. The van der Waals surface area contributed by atoms with Gasteiger partial charge in [0, 0.05) is 23.0 Å². The minimum absolute atomic E-state index is 0.0856. The Bertz CT molecular complexity index is 1760. The molecule has 0 fully saturated rings. The zero-order valence-corrected chi connectivity index (χ0v) is 23.3. The molecule has 0 saturated carbocycles. The molecular formula is C38H32N4. The molecule has 3 unspecified atom stereocenters. The monoisotopic (exact) mass is 544 g/mol. The van der Waals surface area contributed by atoms with E-state index in [2.05, 4.69) is 126 Å². The lowest BCUT2D eigenvalue weighted by Crippen LogP contribution is -2.30. The van der Waals surface area contributed by atoms with Crippen LogP contribution in [0.15, 0.2) is 162 Å². The van der Waals surface area contributed by atoms with E-state index in [-0.39, 0.29) is 12.0 Å². The second-order valence-corrected chi connectivity index (χ2v) is 10.8. The van der Waals surface area contributed by atoms with Gasteiger partial charge in [-0.2, -0.15) is 5.10 Å². The van der Waals surface area contributed by atoms with E-state index >= 15 is 0 Å². The average molecular weight is 545 g/mol. The molecule has 3 aliphatic rings. The van der Waals surface area contributed by atoms with Crippen molar-refractivity contribution in [1.82, 2.24) is 0 Å². The van der Waals surface area contributed by atoms with E-state index in [0.29, 0.717) is 17.6 Å². The van der Waals surface area contributed by atoms with Gasteiger partial charge in [-0.05, 0) is 34.7 Å². The van der Waals surface area contributed by atoms with Crippen LogP contribution in [0.4, 0.5) is 5.69 Å². The Labute approximate surface area is 247 Å². The summed E-state index contributed by atoms with van der Waals surface area (Å²) in [7, 11) is 0. The summed E-state index contributed by atoms with van der Waals surface area (Å²) < 4.78 is 0. The fraction of sp³-hybridized carbons (Fsp3) is 0.105. The lowest BCUT2D eigenvalue weighted by atomic mass is 9.92. The number of rotatable bonds is 5. The maximum Gasteiger partial charge on any atom is 0.181 e. The number of amidine groups is 2. The average Bonchev–Trinajstić information content (AvgIpc) is 3.38. The van der Waals surface area contributed by atoms with E-state index in [9.17, 15) is 0 Å². The number of nitrogens with two attached hydrogens (primary N) is 1. The summed E-state index contributed by atoms with van der Waals surface area (Å²) in [5, 5.41) is 7.32. The molecule has 42 heavy (non-hydrogen) atoms. The smallest absolute Gasteiger partial charge is 0.181 e. The molecule has 0 aromatic heterocycles. The van der Waals surface area contributed by atoms with E-state index < -0.39 is 0 Å². The molecule has 2 aliphatic carbocycles. The minimum Gasteiger partial charge on any atom is -0.383 e. The zero-order chi connectivity index (χ0) is 28.3. The van der Waals surface area contributed by atoms with Crippen LogP contribution in [0, 0.1) is 0 Å². The highest BCUT2D eigenvalue weighted by atomic mass is 15.5. The van der Waals surface area contributed by atoms with Crippen LogP contribution >= 0.6 is 0 Å². The van der Waals surface area contributed by atoms with Gasteiger partial charge in [0.05, 0.1) is 11.7 Å². The van der Waals surface area contributed by atoms with Gasteiger partial charge in [0.2, 0.25) is 0 Å². The first-order chi connectivity index (χ1) is 20.7. The predicted molar refractivity (Wildman–Crippen MR) is 175 cm³/mol. The molecular weight excluding hydrogens is 512 g/mol. The van der Waals surface area contributed by atoms with Crippen molar-refractivity contribution in [1.29, 1.82) is 0 Å². The van der Waals surface area contributed by atoms with Crippen molar-refractivity contribution < 1.29 is 0 Å². The number of para-hydroxylation sites is 1. The van der Waals surface area contributed by atoms with Gasteiger partial charge in [-0.3, -0.25) is 5.01 Å². The lowest BCUT2D eigenvalue weighted by Gasteiger charge is -2.24. The number of hydrogen-bond acceptors (Lipinski definition) is 2. The van der Waals surface area contributed by atoms with Crippen LogP contribution in [0.2, 0.25) is 0 Å². The van der Waals surface area contributed by atoms with Crippen molar-refractivity contribution in [2.75, 3.05) is 5.01 Å². The highest BCUT2D eigenvalue weighted by Gasteiger charge is 2.36. The van der Waals surface area contributed by atoms with Crippen molar-refractivity contribution in [2.24, 2.45) is 15.8 Å². The highest BCUT2D eigenvalue weighted by molar-refractivity contribution is 6.11. The van der Waals surface area contributed by atoms with Crippen LogP contribution in [0.5, 0.6) is 0 Å². The van der Waals surface area contributed by atoms with Gasteiger partial charge in [0.15, 0.2) is 5.84 Å². The predicted octanol–water partition coefficient (Wildman–Crippen LogP) is 8.12. The number of nitrogens with zero attached hydrogens (tertiary/aromatic N) is 3. The lowest BCUT2D eigenvalue weighted by molar-refractivity contribution is 0.694. The largest absolute Gasteiger partial charge is 0.383 e.